The highest BCUT2D eigenvalue weighted by Gasteiger charge is 2.20. The van der Waals surface area contributed by atoms with Crippen LogP contribution in [0.25, 0.3) is 0 Å². The zero-order valence-corrected chi connectivity index (χ0v) is 13.1. The number of ether oxygens (including phenoxy) is 2. The van der Waals surface area contributed by atoms with Gasteiger partial charge >= 0.3 is 5.97 Å². The molecule has 1 aromatic carbocycles. The lowest BCUT2D eigenvalue weighted by atomic mass is 10.3. The summed E-state index contributed by atoms with van der Waals surface area (Å²) in [5.74, 6) is -1.40. The second-order valence-electron chi connectivity index (χ2n) is 4.90. The van der Waals surface area contributed by atoms with Crippen molar-refractivity contribution in [1.29, 1.82) is 0 Å². The molecule has 0 saturated heterocycles. The monoisotopic (exact) mass is 343 g/mol. The van der Waals surface area contributed by atoms with E-state index in [0.29, 0.717) is 31.1 Å². The summed E-state index contributed by atoms with van der Waals surface area (Å²) in [7, 11) is -3.68. The number of carbonyl (C=O) groups is 2. The molecule has 0 bridgehead atoms. The van der Waals surface area contributed by atoms with Crippen molar-refractivity contribution in [3.8, 4) is 11.5 Å². The van der Waals surface area contributed by atoms with E-state index in [0.717, 1.165) is 0 Å². The number of amides is 1. The van der Waals surface area contributed by atoms with E-state index in [2.05, 4.69) is 5.32 Å². The zero-order chi connectivity index (χ0) is 16.9. The van der Waals surface area contributed by atoms with Gasteiger partial charge in [0.2, 0.25) is 5.91 Å². The molecule has 0 atom stereocenters. The number of nitrogens with one attached hydrogen (secondary N) is 1. The third-order valence-corrected chi connectivity index (χ3v) is 4.83. The molecule has 1 aliphatic heterocycles. The summed E-state index contributed by atoms with van der Waals surface area (Å²) in [6.45, 7) is 0.403. The number of hydrogen-bond donors (Lipinski definition) is 2. The number of benzene rings is 1. The fraction of sp³-hybridized carbons (Fsp3) is 0.429. The lowest BCUT2D eigenvalue weighted by Crippen LogP contribution is -2.30. The van der Waals surface area contributed by atoms with E-state index in [1.54, 1.807) is 0 Å². The predicted octanol–water partition coefficient (Wildman–Crippen LogP) is 0.212. The fourth-order valence-electron chi connectivity index (χ4n) is 1.94. The van der Waals surface area contributed by atoms with Crippen LogP contribution in [0.2, 0.25) is 0 Å². The van der Waals surface area contributed by atoms with E-state index in [-0.39, 0.29) is 11.3 Å². The topological polar surface area (TPSA) is 119 Å². The standard InChI is InChI=1S/C14H17NO7S/c16-13(15-9-14(17)18)4-7-23(19,20)10-2-3-11-12(8-10)22-6-1-5-21-11/h2-3,8H,1,4-7,9H2,(H,15,16)(H,17,18). The second-order valence-corrected chi connectivity index (χ2v) is 7.01. The van der Waals surface area contributed by atoms with Crippen molar-refractivity contribution in [3.05, 3.63) is 18.2 Å². The van der Waals surface area contributed by atoms with Crippen LogP contribution < -0.4 is 14.8 Å². The molecule has 2 N–H and O–H groups in total. The summed E-state index contributed by atoms with van der Waals surface area (Å²) in [4.78, 5) is 21.8. The summed E-state index contributed by atoms with van der Waals surface area (Å²) >= 11 is 0. The number of carboxylic acids is 1. The van der Waals surface area contributed by atoms with Crippen LogP contribution in [0, 0.1) is 0 Å². The van der Waals surface area contributed by atoms with Crippen LogP contribution in [0.5, 0.6) is 11.5 Å². The minimum Gasteiger partial charge on any atom is -0.490 e. The number of sulfone groups is 1. The van der Waals surface area contributed by atoms with Crippen molar-refractivity contribution < 1.29 is 32.6 Å². The average molecular weight is 343 g/mol. The van der Waals surface area contributed by atoms with Crippen LogP contribution in [-0.2, 0) is 19.4 Å². The molecule has 126 valence electrons. The van der Waals surface area contributed by atoms with Gasteiger partial charge in [0.1, 0.15) is 6.54 Å². The molecule has 1 heterocycles. The van der Waals surface area contributed by atoms with E-state index in [4.69, 9.17) is 14.6 Å². The normalized spacial score (nSPS) is 13.9. The first kappa shape index (κ1) is 17.1. The minimum absolute atomic E-state index is 0.0350. The average Bonchev–Trinajstić information content (AvgIpc) is 2.75. The van der Waals surface area contributed by atoms with E-state index >= 15 is 0 Å². The first-order valence-corrected chi connectivity index (χ1v) is 8.64. The van der Waals surface area contributed by atoms with E-state index < -0.39 is 34.0 Å². The van der Waals surface area contributed by atoms with Crippen LogP contribution in [0.3, 0.4) is 0 Å². The molecular weight excluding hydrogens is 326 g/mol. The Bertz CT molecular complexity index is 699. The molecule has 0 saturated carbocycles. The van der Waals surface area contributed by atoms with E-state index in [1.807, 2.05) is 0 Å². The number of fused-ring (bicyclic) bond motifs is 1. The summed E-state index contributed by atoms with van der Waals surface area (Å²) in [5, 5.41) is 10.6. The maximum atomic E-state index is 12.3. The third-order valence-electron chi connectivity index (χ3n) is 3.11. The molecule has 8 nitrogen and oxygen atoms in total. The Kier molecular flexibility index (Phi) is 5.43. The Morgan fingerprint density at radius 2 is 1.87 bits per heavy atom. The molecule has 23 heavy (non-hydrogen) atoms. The molecule has 0 radical (unpaired) electrons. The quantitative estimate of drug-likeness (QED) is 0.758. The van der Waals surface area contributed by atoms with Gasteiger partial charge in [-0.2, -0.15) is 0 Å². The first-order valence-electron chi connectivity index (χ1n) is 6.99. The third kappa shape index (κ3) is 4.85. The van der Waals surface area contributed by atoms with Gasteiger partial charge in [-0.15, -0.1) is 0 Å². The van der Waals surface area contributed by atoms with Crippen LogP contribution in [0.1, 0.15) is 12.8 Å². The van der Waals surface area contributed by atoms with Crippen LogP contribution in [-0.4, -0.2) is 50.9 Å². The van der Waals surface area contributed by atoms with Gasteiger partial charge in [-0.1, -0.05) is 0 Å². The van der Waals surface area contributed by atoms with Gasteiger partial charge in [0.25, 0.3) is 0 Å². The first-order chi connectivity index (χ1) is 10.9. The summed E-state index contributed by atoms with van der Waals surface area (Å²) < 4.78 is 35.4. The van der Waals surface area contributed by atoms with Crippen molar-refractivity contribution in [1.82, 2.24) is 5.32 Å². The Morgan fingerprint density at radius 3 is 2.57 bits per heavy atom. The lowest BCUT2D eigenvalue weighted by molar-refractivity contribution is -0.137. The van der Waals surface area contributed by atoms with Crippen LogP contribution in [0.4, 0.5) is 0 Å². The van der Waals surface area contributed by atoms with E-state index in [1.165, 1.54) is 18.2 Å². The van der Waals surface area contributed by atoms with Gasteiger partial charge in [0.05, 0.1) is 23.9 Å². The van der Waals surface area contributed by atoms with Gasteiger partial charge < -0.3 is 19.9 Å². The van der Waals surface area contributed by atoms with Crippen molar-refractivity contribution in [2.75, 3.05) is 25.5 Å². The molecule has 1 aliphatic rings. The molecule has 0 fully saturated rings. The Hall–Kier alpha value is -2.29. The van der Waals surface area contributed by atoms with Gasteiger partial charge in [-0.3, -0.25) is 9.59 Å². The highest BCUT2D eigenvalue weighted by Crippen LogP contribution is 2.32. The van der Waals surface area contributed by atoms with Gasteiger partial charge in [0, 0.05) is 18.9 Å². The van der Waals surface area contributed by atoms with Crippen molar-refractivity contribution in [2.24, 2.45) is 0 Å². The molecule has 1 amide bonds. The molecule has 9 heteroatoms. The number of aliphatic carboxylic acids is 1. The number of hydrogen-bond acceptors (Lipinski definition) is 6. The fourth-order valence-corrected chi connectivity index (χ4v) is 3.20. The van der Waals surface area contributed by atoms with Gasteiger partial charge in [-0.05, 0) is 12.1 Å². The number of carbonyl (C=O) groups excluding carboxylic acids is 1. The van der Waals surface area contributed by atoms with Crippen molar-refractivity contribution in [2.45, 2.75) is 17.7 Å². The van der Waals surface area contributed by atoms with Gasteiger partial charge in [-0.25, -0.2) is 8.42 Å². The highest BCUT2D eigenvalue weighted by molar-refractivity contribution is 7.91. The van der Waals surface area contributed by atoms with E-state index in [9.17, 15) is 18.0 Å². The maximum Gasteiger partial charge on any atom is 0.322 e. The second kappa shape index (κ2) is 7.32. The smallest absolute Gasteiger partial charge is 0.322 e. The zero-order valence-electron chi connectivity index (χ0n) is 12.3. The molecule has 0 unspecified atom stereocenters. The van der Waals surface area contributed by atoms with Gasteiger partial charge in [0.15, 0.2) is 21.3 Å². The molecule has 2 rings (SSSR count). The highest BCUT2D eigenvalue weighted by atomic mass is 32.2. The largest absolute Gasteiger partial charge is 0.490 e. The van der Waals surface area contributed by atoms with Crippen LogP contribution >= 0.6 is 0 Å². The Morgan fingerprint density at radius 1 is 1.17 bits per heavy atom. The summed E-state index contributed by atoms with van der Waals surface area (Å²) in [5.41, 5.74) is 0. The maximum absolute atomic E-state index is 12.3. The Labute approximate surface area is 133 Å². The molecule has 0 spiro atoms. The summed E-state index contributed by atoms with van der Waals surface area (Å²) in [6.07, 6.45) is 0.393. The van der Waals surface area contributed by atoms with Crippen molar-refractivity contribution >= 4 is 21.7 Å². The predicted molar refractivity (Wildman–Crippen MR) is 79.4 cm³/mol. The number of carboxylic acid groups (broad SMARTS) is 1. The minimum atomic E-state index is -3.68. The molecular formula is C14H17NO7S. The SMILES string of the molecule is O=C(O)CNC(=O)CCS(=O)(=O)c1ccc2c(c1)OCCCO2. The molecule has 1 aromatic rings. The van der Waals surface area contributed by atoms with Crippen LogP contribution in [0.15, 0.2) is 23.1 Å². The van der Waals surface area contributed by atoms with Crippen molar-refractivity contribution in [3.63, 3.8) is 0 Å². The summed E-state index contributed by atoms with van der Waals surface area (Å²) in [6, 6.07) is 4.31. The molecule has 0 aromatic heterocycles. The Balaban J connectivity index is 2.03. The number of rotatable bonds is 6. The lowest BCUT2D eigenvalue weighted by Gasteiger charge is -2.10. The molecule has 0 aliphatic carbocycles.